The summed E-state index contributed by atoms with van der Waals surface area (Å²) in [7, 11) is 0. The highest BCUT2D eigenvalue weighted by Crippen LogP contribution is 2.13. The van der Waals surface area contributed by atoms with E-state index in [4.69, 9.17) is 14.2 Å². The first-order valence-corrected chi connectivity index (χ1v) is 21.5. The zero-order chi connectivity index (χ0) is 37.3. The third-order valence-corrected chi connectivity index (χ3v) is 9.11. The molecule has 0 spiro atoms. The molecule has 0 radical (unpaired) electrons. The highest BCUT2D eigenvalue weighted by molar-refractivity contribution is 5.71. The number of unbranched alkanes of at least 4 members (excludes halogenated alkanes) is 21. The first-order chi connectivity index (χ1) is 25.0. The Morgan fingerprint density at radius 2 is 0.706 bits per heavy atom. The third-order valence-electron chi connectivity index (χ3n) is 9.11. The minimum absolute atomic E-state index is 0.0827. The van der Waals surface area contributed by atoms with E-state index in [1.807, 2.05) is 0 Å². The number of rotatable bonds is 38. The Balaban J connectivity index is 4.33. The van der Waals surface area contributed by atoms with Gasteiger partial charge in [-0.25, -0.2) is 0 Å². The molecule has 0 aromatic rings. The minimum Gasteiger partial charge on any atom is -0.462 e. The van der Waals surface area contributed by atoms with Crippen molar-refractivity contribution in [3.8, 4) is 0 Å². The lowest BCUT2D eigenvalue weighted by atomic mass is 10.1. The molecule has 0 fully saturated rings. The molecule has 6 nitrogen and oxygen atoms in total. The quantitative estimate of drug-likeness (QED) is 0.0274. The molecule has 0 N–H and O–H groups in total. The van der Waals surface area contributed by atoms with Crippen LogP contribution in [0.5, 0.6) is 0 Å². The fourth-order valence-corrected chi connectivity index (χ4v) is 5.91. The van der Waals surface area contributed by atoms with E-state index in [0.717, 1.165) is 96.3 Å². The molecule has 6 heteroatoms. The highest BCUT2D eigenvalue weighted by Gasteiger charge is 2.19. The van der Waals surface area contributed by atoms with Crippen LogP contribution in [0.1, 0.15) is 213 Å². The largest absolute Gasteiger partial charge is 0.462 e. The Morgan fingerprint density at radius 3 is 1.08 bits per heavy atom. The lowest BCUT2D eigenvalue weighted by molar-refractivity contribution is -0.167. The Bertz CT molecular complexity index is 876. The summed E-state index contributed by atoms with van der Waals surface area (Å²) in [5, 5.41) is 0. The van der Waals surface area contributed by atoms with Crippen LogP contribution < -0.4 is 0 Å². The molecule has 51 heavy (non-hydrogen) atoms. The maximum Gasteiger partial charge on any atom is 0.306 e. The molecule has 0 bridgehead atoms. The molecule has 0 aliphatic heterocycles. The van der Waals surface area contributed by atoms with Crippen LogP contribution in [0.25, 0.3) is 0 Å². The summed E-state index contributed by atoms with van der Waals surface area (Å²) in [6.07, 6.45) is 44.3. The van der Waals surface area contributed by atoms with E-state index < -0.39 is 6.10 Å². The van der Waals surface area contributed by atoms with Crippen LogP contribution >= 0.6 is 0 Å². The lowest BCUT2D eigenvalue weighted by Crippen LogP contribution is -2.30. The van der Waals surface area contributed by atoms with Crippen molar-refractivity contribution in [2.75, 3.05) is 13.2 Å². The fourth-order valence-electron chi connectivity index (χ4n) is 5.91. The Morgan fingerprint density at radius 1 is 0.392 bits per heavy atom. The molecule has 1 atom stereocenters. The van der Waals surface area contributed by atoms with Crippen LogP contribution in [0, 0.1) is 0 Å². The van der Waals surface area contributed by atoms with E-state index in [1.54, 1.807) is 0 Å². The lowest BCUT2D eigenvalue weighted by Gasteiger charge is -2.18. The van der Waals surface area contributed by atoms with Gasteiger partial charge in [-0.3, -0.25) is 14.4 Å². The summed E-state index contributed by atoms with van der Waals surface area (Å²) in [5.41, 5.74) is 0. The molecule has 296 valence electrons. The molecule has 0 amide bonds. The summed E-state index contributed by atoms with van der Waals surface area (Å²) >= 11 is 0. The summed E-state index contributed by atoms with van der Waals surface area (Å²) in [5.74, 6) is -0.918. The summed E-state index contributed by atoms with van der Waals surface area (Å²) in [6, 6.07) is 0. The maximum absolute atomic E-state index is 12.6. The van der Waals surface area contributed by atoms with Gasteiger partial charge < -0.3 is 14.2 Å². The number of hydrogen-bond donors (Lipinski definition) is 0. The van der Waals surface area contributed by atoms with Crippen molar-refractivity contribution in [3.05, 3.63) is 36.5 Å². The van der Waals surface area contributed by atoms with Crippen molar-refractivity contribution >= 4 is 17.9 Å². The van der Waals surface area contributed by atoms with E-state index in [2.05, 4.69) is 57.2 Å². The Hall–Kier alpha value is -2.37. The molecule has 0 aromatic heterocycles. The van der Waals surface area contributed by atoms with Crippen LogP contribution in [0.3, 0.4) is 0 Å². The zero-order valence-electron chi connectivity index (χ0n) is 33.6. The van der Waals surface area contributed by atoms with Gasteiger partial charge >= 0.3 is 17.9 Å². The Labute approximate surface area is 315 Å². The topological polar surface area (TPSA) is 78.9 Å². The normalized spacial score (nSPS) is 12.3. The van der Waals surface area contributed by atoms with Gasteiger partial charge in [-0.05, 0) is 83.5 Å². The molecule has 0 saturated heterocycles. The number of hydrogen-bond acceptors (Lipinski definition) is 6. The second-order valence-electron chi connectivity index (χ2n) is 14.2. The van der Waals surface area contributed by atoms with E-state index in [-0.39, 0.29) is 31.1 Å². The van der Waals surface area contributed by atoms with Crippen molar-refractivity contribution in [2.45, 2.75) is 219 Å². The molecule has 0 saturated carbocycles. The van der Waals surface area contributed by atoms with E-state index in [0.29, 0.717) is 19.3 Å². The predicted octanol–water partition coefficient (Wildman–Crippen LogP) is 13.4. The van der Waals surface area contributed by atoms with Crippen molar-refractivity contribution in [2.24, 2.45) is 0 Å². The standard InChI is InChI=1S/C45H80O6/c1-4-7-10-13-16-19-20-21-22-23-24-27-29-32-35-38-44(47)50-41-42(51-45(48)39-36-33-30-26-18-15-12-9-6-3)40-49-43(46)37-34-31-28-25-17-14-11-8-5-2/h8-9,11-12,21-22,42H,4-7,10,13-20,23-41H2,1-3H3/b11-8-,12-9-,22-21-. The molecule has 0 heterocycles. The summed E-state index contributed by atoms with van der Waals surface area (Å²) in [4.78, 5) is 37.5. The SMILES string of the molecule is CC/C=C\CCCCCCCC(=O)OCC(COC(=O)CCCCCCC/C=C\CCCCCCCC)OC(=O)CCCCCCC/C=C\CC. The molecular weight excluding hydrogens is 636 g/mol. The highest BCUT2D eigenvalue weighted by atomic mass is 16.6. The number of ether oxygens (including phenoxy) is 3. The van der Waals surface area contributed by atoms with E-state index in [9.17, 15) is 14.4 Å². The average molecular weight is 717 g/mol. The monoisotopic (exact) mass is 717 g/mol. The van der Waals surface area contributed by atoms with Crippen LogP contribution in [-0.4, -0.2) is 37.2 Å². The second-order valence-corrected chi connectivity index (χ2v) is 14.2. The van der Waals surface area contributed by atoms with Crippen LogP contribution in [0.2, 0.25) is 0 Å². The fraction of sp³-hybridized carbons (Fsp3) is 0.800. The van der Waals surface area contributed by atoms with Gasteiger partial charge in [0.1, 0.15) is 13.2 Å². The van der Waals surface area contributed by atoms with Crippen LogP contribution in [0.4, 0.5) is 0 Å². The minimum atomic E-state index is -0.777. The molecule has 1 unspecified atom stereocenters. The van der Waals surface area contributed by atoms with Gasteiger partial charge in [-0.2, -0.15) is 0 Å². The average Bonchev–Trinajstić information content (AvgIpc) is 3.12. The van der Waals surface area contributed by atoms with E-state index in [1.165, 1.54) is 77.0 Å². The van der Waals surface area contributed by atoms with Gasteiger partial charge in [0.25, 0.3) is 0 Å². The van der Waals surface area contributed by atoms with Gasteiger partial charge in [0, 0.05) is 19.3 Å². The van der Waals surface area contributed by atoms with Crippen molar-refractivity contribution in [3.63, 3.8) is 0 Å². The first kappa shape index (κ1) is 48.6. The van der Waals surface area contributed by atoms with Crippen molar-refractivity contribution in [1.82, 2.24) is 0 Å². The predicted molar refractivity (Wildman–Crippen MR) is 215 cm³/mol. The summed E-state index contributed by atoms with van der Waals surface area (Å²) in [6.45, 7) is 6.38. The van der Waals surface area contributed by atoms with Gasteiger partial charge in [-0.1, -0.05) is 147 Å². The van der Waals surface area contributed by atoms with Gasteiger partial charge in [0.05, 0.1) is 0 Å². The molecule has 0 aromatic carbocycles. The third kappa shape index (κ3) is 38.7. The zero-order valence-corrected chi connectivity index (χ0v) is 33.6. The van der Waals surface area contributed by atoms with Crippen LogP contribution in [-0.2, 0) is 28.6 Å². The van der Waals surface area contributed by atoms with Crippen molar-refractivity contribution < 1.29 is 28.6 Å². The van der Waals surface area contributed by atoms with E-state index >= 15 is 0 Å². The van der Waals surface area contributed by atoms with Gasteiger partial charge in [-0.15, -0.1) is 0 Å². The second kappa shape index (κ2) is 40.4. The first-order valence-electron chi connectivity index (χ1n) is 21.5. The van der Waals surface area contributed by atoms with Gasteiger partial charge in [0.15, 0.2) is 6.10 Å². The summed E-state index contributed by atoms with van der Waals surface area (Å²) < 4.78 is 16.6. The number of carbonyl (C=O) groups is 3. The number of allylic oxidation sites excluding steroid dienone is 6. The molecule has 0 aliphatic carbocycles. The Kier molecular flexibility index (Phi) is 38.5. The number of carbonyl (C=O) groups excluding carboxylic acids is 3. The van der Waals surface area contributed by atoms with Gasteiger partial charge in [0.2, 0.25) is 0 Å². The van der Waals surface area contributed by atoms with Crippen LogP contribution in [0.15, 0.2) is 36.5 Å². The molecule has 0 aliphatic rings. The molecular formula is C45H80O6. The van der Waals surface area contributed by atoms with Crippen molar-refractivity contribution in [1.29, 1.82) is 0 Å². The molecule has 0 rings (SSSR count). The maximum atomic E-state index is 12.6. The smallest absolute Gasteiger partial charge is 0.306 e. The number of esters is 3.